The molecule has 1 saturated heterocycles. The third-order valence-electron chi connectivity index (χ3n) is 3.85. The molecule has 1 aromatic rings. The summed E-state index contributed by atoms with van der Waals surface area (Å²) in [6.07, 6.45) is -3.90. The minimum absolute atomic E-state index is 0.00694. The highest BCUT2D eigenvalue weighted by atomic mass is 19.4. The molecule has 0 aromatic heterocycles. The molecule has 1 unspecified atom stereocenters. The molecule has 0 radical (unpaired) electrons. The van der Waals surface area contributed by atoms with Gasteiger partial charge in [0.05, 0.1) is 17.2 Å². The normalized spacial score (nSPS) is 18.1. The van der Waals surface area contributed by atoms with Crippen molar-refractivity contribution in [1.82, 2.24) is 4.90 Å². The number of ether oxygens (including phenoxy) is 1. The number of methoxy groups -OCH3 is 1. The van der Waals surface area contributed by atoms with E-state index in [4.69, 9.17) is 4.74 Å². The van der Waals surface area contributed by atoms with E-state index in [-0.39, 0.29) is 24.6 Å². The van der Waals surface area contributed by atoms with Gasteiger partial charge in [-0.05, 0) is 18.6 Å². The third-order valence-corrected chi connectivity index (χ3v) is 3.85. The Morgan fingerprint density at radius 1 is 1.38 bits per heavy atom. The van der Waals surface area contributed by atoms with Crippen molar-refractivity contribution in [2.45, 2.75) is 19.0 Å². The molecule has 0 spiro atoms. The van der Waals surface area contributed by atoms with E-state index in [0.717, 1.165) is 6.07 Å². The molecule has 1 fully saturated rings. The number of para-hydroxylation sites is 1. The number of alkyl halides is 3. The van der Waals surface area contributed by atoms with Crippen LogP contribution >= 0.6 is 0 Å². The maximum absolute atomic E-state index is 12.9. The molecule has 1 atom stereocenters. The summed E-state index contributed by atoms with van der Waals surface area (Å²) >= 11 is 0. The summed E-state index contributed by atoms with van der Waals surface area (Å²) in [4.78, 5) is 25.7. The Bertz CT molecular complexity index is 604. The van der Waals surface area contributed by atoms with Crippen LogP contribution in [0.15, 0.2) is 24.3 Å². The van der Waals surface area contributed by atoms with E-state index in [1.807, 2.05) is 0 Å². The van der Waals surface area contributed by atoms with Crippen LogP contribution in [0.2, 0.25) is 0 Å². The standard InChI is InChI=1S/C16H19F3N2O3/c1-24-8-4-7-21-10-11(9-14(21)22)15(23)20-13-6-3-2-5-12(13)16(17,18)19/h2-3,5-6,11H,4,7-10H2,1H3,(H,20,23). The van der Waals surface area contributed by atoms with Crippen LogP contribution in [-0.4, -0.2) is 43.5 Å². The topological polar surface area (TPSA) is 58.6 Å². The van der Waals surface area contributed by atoms with E-state index >= 15 is 0 Å². The monoisotopic (exact) mass is 344 g/mol. The van der Waals surface area contributed by atoms with Crippen molar-refractivity contribution in [3.8, 4) is 0 Å². The first kappa shape index (κ1) is 18.3. The first-order chi connectivity index (χ1) is 11.3. The van der Waals surface area contributed by atoms with E-state index in [1.165, 1.54) is 18.2 Å². The van der Waals surface area contributed by atoms with Gasteiger partial charge in [-0.2, -0.15) is 13.2 Å². The zero-order valence-electron chi connectivity index (χ0n) is 13.2. The number of anilines is 1. The summed E-state index contributed by atoms with van der Waals surface area (Å²) in [6, 6.07) is 4.79. The lowest BCUT2D eigenvalue weighted by Gasteiger charge is -2.17. The molecule has 0 saturated carbocycles. The molecule has 0 aliphatic carbocycles. The second-order valence-corrected chi connectivity index (χ2v) is 5.62. The number of amides is 2. The van der Waals surface area contributed by atoms with Gasteiger partial charge in [-0.15, -0.1) is 0 Å². The van der Waals surface area contributed by atoms with Gasteiger partial charge in [-0.3, -0.25) is 9.59 Å². The molecular formula is C16H19F3N2O3. The SMILES string of the molecule is COCCCN1CC(C(=O)Nc2ccccc2C(F)(F)F)CC1=O. The molecular weight excluding hydrogens is 325 g/mol. The third kappa shape index (κ3) is 4.47. The first-order valence-electron chi connectivity index (χ1n) is 7.56. The molecule has 1 N–H and O–H groups in total. The number of hydrogen-bond acceptors (Lipinski definition) is 3. The number of benzene rings is 1. The Hall–Kier alpha value is -2.09. The lowest BCUT2D eigenvalue weighted by Crippen LogP contribution is -2.30. The molecule has 0 bridgehead atoms. The lowest BCUT2D eigenvalue weighted by molar-refractivity contribution is -0.137. The van der Waals surface area contributed by atoms with Gasteiger partial charge < -0.3 is 15.0 Å². The van der Waals surface area contributed by atoms with Gasteiger partial charge in [0.15, 0.2) is 0 Å². The van der Waals surface area contributed by atoms with Crippen molar-refractivity contribution in [1.29, 1.82) is 0 Å². The fourth-order valence-corrected chi connectivity index (χ4v) is 2.64. The van der Waals surface area contributed by atoms with Crippen LogP contribution < -0.4 is 5.32 Å². The van der Waals surface area contributed by atoms with Crippen molar-refractivity contribution in [3.05, 3.63) is 29.8 Å². The highest BCUT2D eigenvalue weighted by Crippen LogP contribution is 2.35. The van der Waals surface area contributed by atoms with Crippen molar-refractivity contribution in [2.24, 2.45) is 5.92 Å². The van der Waals surface area contributed by atoms with Crippen molar-refractivity contribution in [2.75, 3.05) is 32.1 Å². The summed E-state index contributed by atoms with van der Waals surface area (Å²) in [6.45, 7) is 1.18. The number of carbonyl (C=O) groups excluding carboxylic acids is 2. The quantitative estimate of drug-likeness (QED) is 0.807. The highest BCUT2D eigenvalue weighted by Gasteiger charge is 2.36. The molecule has 2 amide bonds. The molecule has 8 heteroatoms. The predicted octanol–water partition coefficient (Wildman–Crippen LogP) is 2.53. The summed E-state index contributed by atoms with van der Waals surface area (Å²) in [7, 11) is 1.56. The second kappa shape index (κ2) is 7.65. The van der Waals surface area contributed by atoms with Gasteiger partial charge in [-0.25, -0.2) is 0 Å². The number of nitrogens with one attached hydrogen (secondary N) is 1. The van der Waals surface area contributed by atoms with Crippen LogP contribution in [0.25, 0.3) is 0 Å². The van der Waals surface area contributed by atoms with Crippen molar-refractivity contribution < 1.29 is 27.5 Å². The lowest BCUT2D eigenvalue weighted by atomic mass is 10.1. The number of halogens is 3. The Balaban J connectivity index is 2.00. The molecule has 2 rings (SSSR count). The predicted molar refractivity (Wildman–Crippen MR) is 81.3 cm³/mol. The van der Waals surface area contributed by atoms with Crippen molar-refractivity contribution in [3.63, 3.8) is 0 Å². The molecule has 1 aromatic carbocycles. The van der Waals surface area contributed by atoms with E-state index in [1.54, 1.807) is 12.0 Å². The summed E-state index contributed by atoms with van der Waals surface area (Å²) in [5.41, 5.74) is -1.19. The zero-order valence-corrected chi connectivity index (χ0v) is 13.2. The van der Waals surface area contributed by atoms with Gasteiger partial charge in [-0.1, -0.05) is 12.1 Å². The minimum atomic E-state index is -4.55. The Morgan fingerprint density at radius 3 is 2.75 bits per heavy atom. The summed E-state index contributed by atoms with van der Waals surface area (Å²) in [5, 5.41) is 2.30. The van der Waals surface area contributed by atoms with E-state index in [2.05, 4.69) is 5.32 Å². The van der Waals surface area contributed by atoms with Gasteiger partial charge in [0.2, 0.25) is 11.8 Å². The Labute approximate surface area is 137 Å². The average Bonchev–Trinajstić information content (AvgIpc) is 2.88. The van der Waals surface area contributed by atoms with Crippen molar-refractivity contribution >= 4 is 17.5 Å². The van der Waals surface area contributed by atoms with Gasteiger partial charge in [0.25, 0.3) is 0 Å². The van der Waals surface area contributed by atoms with Crippen LogP contribution in [0.4, 0.5) is 18.9 Å². The van der Waals surface area contributed by atoms with Gasteiger partial charge >= 0.3 is 6.18 Å². The second-order valence-electron chi connectivity index (χ2n) is 5.62. The zero-order chi connectivity index (χ0) is 17.7. The van der Waals surface area contributed by atoms with E-state index in [0.29, 0.717) is 19.6 Å². The molecule has 1 aliphatic heterocycles. The molecule has 1 aliphatic rings. The molecule has 5 nitrogen and oxygen atoms in total. The Kier molecular flexibility index (Phi) is 5.82. The summed E-state index contributed by atoms with van der Waals surface area (Å²) < 4.78 is 43.8. The van der Waals surface area contributed by atoms with E-state index < -0.39 is 23.6 Å². The largest absolute Gasteiger partial charge is 0.418 e. The molecule has 24 heavy (non-hydrogen) atoms. The maximum atomic E-state index is 12.9. The fraction of sp³-hybridized carbons (Fsp3) is 0.500. The minimum Gasteiger partial charge on any atom is -0.385 e. The van der Waals surface area contributed by atoms with Crippen LogP contribution in [0.5, 0.6) is 0 Å². The molecule has 1 heterocycles. The Morgan fingerprint density at radius 2 is 2.08 bits per heavy atom. The highest BCUT2D eigenvalue weighted by molar-refractivity contribution is 5.97. The fourth-order valence-electron chi connectivity index (χ4n) is 2.64. The number of carbonyl (C=O) groups is 2. The van der Waals surface area contributed by atoms with Gasteiger partial charge in [0, 0.05) is 33.2 Å². The van der Waals surface area contributed by atoms with Gasteiger partial charge in [0.1, 0.15) is 0 Å². The number of hydrogen-bond donors (Lipinski definition) is 1. The number of likely N-dealkylation sites (tertiary alicyclic amines) is 1. The maximum Gasteiger partial charge on any atom is 0.418 e. The van der Waals surface area contributed by atoms with Crippen LogP contribution in [0, 0.1) is 5.92 Å². The number of rotatable bonds is 6. The van der Waals surface area contributed by atoms with Crippen LogP contribution in [0.1, 0.15) is 18.4 Å². The van der Waals surface area contributed by atoms with E-state index in [9.17, 15) is 22.8 Å². The molecule has 132 valence electrons. The van der Waals surface area contributed by atoms with Crippen LogP contribution in [-0.2, 0) is 20.5 Å². The number of nitrogens with zero attached hydrogens (tertiary/aromatic N) is 1. The van der Waals surface area contributed by atoms with Crippen LogP contribution in [0.3, 0.4) is 0 Å². The summed E-state index contributed by atoms with van der Waals surface area (Å²) in [5.74, 6) is -1.40. The smallest absolute Gasteiger partial charge is 0.385 e. The average molecular weight is 344 g/mol. The first-order valence-corrected chi connectivity index (χ1v) is 7.56.